The molecule has 0 aromatic heterocycles. The molecule has 0 radical (unpaired) electrons. The van der Waals surface area contributed by atoms with Gasteiger partial charge in [-0.15, -0.1) is 0 Å². The van der Waals surface area contributed by atoms with E-state index in [1.165, 1.54) is 6.42 Å². The molecule has 0 amide bonds. The molecule has 0 aliphatic heterocycles. The second kappa shape index (κ2) is 8.66. The van der Waals surface area contributed by atoms with Crippen LogP contribution in [0.1, 0.15) is 74.4 Å². The third-order valence-electron chi connectivity index (χ3n) is 3.80. The van der Waals surface area contributed by atoms with Gasteiger partial charge in [0.1, 0.15) is 0 Å². The van der Waals surface area contributed by atoms with E-state index in [2.05, 4.69) is 39.3 Å². The average Bonchev–Trinajstić information content (AvgIpc) is 3.30. The van der Waals surface area contributed by atoms with Crippen LogP contribution in [0.15, 0.2) is 29.3 Å². The fourth-order valence-electron chi connectivity index (χ4n) is 2.10. The van der Waals surface area contributed by atoms with Crippen molar-refractivity contribution in [2.45, 2.75) is 59.8 Å². The van der Waals surface area contributed by atoms with Crippen LogP contribution >= 0.6 is 0 Å². The monoisotopic (exact) mass is 315 g/mol. The second-order valence-electron chi connectivity index (χ2n) is 6.48. The largest absolute Gasteiger partial charge is 0.478 e. The average molecular weight is 315 g/mol. The Hall–Kier alpha value is -1.90. The topological polar surface area (TPSA) is 49.7 Å². The summed E-state index contributed by atoms with van der Waals surface area (Å²) in [6.45, 7) is 14.3. The Balaban J connectivity index is 0.000000816. The summed E-state index contributed by atoms with van der Waals surface area (Å²) in [5.41, 5.74) is 4.23. The summed E-state index contributed by atoms with van der Waals surface area (Å²) in [5.74, 6) is -0.0489. The SMILES string of the molecule is C=C(C=Nc1cc(C(=O)O)cc(C2CC2)c1C)C(C)C.CCC. The highest BCUT2D eigenvalue weighted by atomic mass is 16.4. The molecule has 0 spiro atoms. The van der Waals surface area contributed by atoms with Gasteiger partial charge < -0.3 is 5.11 Å². The number of carboxylic acids is 1. The van der Waals surface area contributed by atoms with Crippen molar-refractivity contribution in [2.75, 3.05) is 0 Å². The first kappa shape index (κ1) is 19.1. The Kier molecular flexibility index (Phi) is 7.21. The predicted octanol–water partition coefficient (Wildman–Crippen LogP) is 5.90. The van der Waals surface area contributed by atoms with Gasteiger partial charge in [-0.3, -0.25) is 4.99 Å². The smallest absolute Gasteiger partial charge is 0.335 e. The van der Waals surface area contributed by atoms with Crippen molar-refractivity contribution in [3.8, 4) is 0 Å². The molecule has 2 rings (SSSR count). The molecule has 126 valence electrons. The standard InChI is InChI=1S/C17H21NO2.C3H8/c1-10(2)11(3)9-18-16-8-14(17(19)20)7-15(12(16)4)13-5-6-13;1-3-2/h7-10,13H,3,5-6H2,1-2,4H3,(H,19,20);3H2,1-2H3. The normalized spacial score (nSPS) is 13.8. The molecule has 0 atom stereocenters. The number of benzene rings is 1. The Labute approximate surface area is 140 Å². The van der Waals surface area contributed by atoms with Crippen molar-refractivity contribution in [3.05, 3.63) is 41.0 Å². The zero-order valence-electron chi connectivity index (χ0n) is 15.0. The van der Waals surface area contributed by atoms with Crippen LogP contribution in [0.4, 0.5) is 5.69 Å². The Morgan fingerprint density at radius 1 is 1.39 bits per heavy atom. The minimum absolute atomic E-state index is 0.319. The maximum absolute atomic E-state index is 11.2. The van der Waals surface area contributed by atoms with Crippen molar-refractivity contribution in [1.82, 2.24) is 0 Å². The maximum Gasteiger partial charge on any atom is 0.335 e. The summed E-state index contributed by atoms with van der Waals surface area (Å²) in [6.07, 6.45) is 5.28. The fourth-order valence-corrected chi connectivity index (χ4v) is 2.10. The van der Waals surface area contributed by atoms with Gasteiger partial charge in [0.2, 0.25) is 0 Å². The minimum atomic E-state index is -0.897. The van der Waals surface area contributed by atoms with E-state index in [-0.39, 0.29) is 0 Å². The molecular formula is C20H29NO2. The lowest BCUT2D eigenvalue weighted by Crippen LogP contribution is -2.00. The fraction of sp³-hybridized carbons (Fsp3) is 0.500. The molecule has 0 bridgehead atoms. The van der Waals surface area contributed by atoms with E-state index in [1.54, 1.807) is 18.3 Å². The molecule has 1 aliphatic carbocycles. The number of aromatic carboxylic acids is 1. The molecule has 3 nitrogen and oxygen atoms in total. The maximum atomic E-state index is 11.2. The van der Waals surface area contributed by atoms with Gasteiger partial charge in [0, 0.05) is 6.21 Å². The molecule has 23 heavy (non-hydrogen) atoms. The van der Waals surface area contributed by atoms with Crippen LogP contribution in [0, 0.1) is 12.8 Å². The lowest BCUT2D eigenvalue weighted by Gasteiger charge is -2.10. The van der Waals surface area contributed by atoms with Gasteiger partial charge in [0.15, 0.2) is 0 Å². The molecule has 1 aliphatic rings. The summed E-state index contributed by atoms with van der Waals surface area (Å²) < 4.78 is 0. The third kappa shape index (κ3) is 5.66. The molecule has 3 heteroatoms. The van der Waals surface area contributed by atoms with Crippen molar-refractivity contribution < 1.29 is 9.90 Å². The van der Waals surface area contributed by atoms with E-state index in [4.69, 9.17) is 0 Å². The Morgan fingerprint density at radius 3 is 2.39 bits per heavy atom. The number of carboxylic acid groups (broad SMARTS) is 1. The van der Waals surface area contributed by atoms with Crippen LogP contribution in [-0.4, -0.2) is 17.3 Å². The molecule has 1 aromatic carbocycles. The lowest BCUT2D eigenvalue weighted by atomic mass is 9.99. The zero-order valence-corrected chi connectivity index (χ0v) is 15.0. The summed E-state index contributed by atoms with van der Waals surface area (Å²) in [5, 5.41) is 9.22. The van der Waals surface area contributed by atoms with Crippen LogP contribution in [0.2, 0.25) is 0 Å². The van der Waals surface area contributed by atoms with Crippen molar-refractivity contribution >= 4 is 17.9 Å². The van der Waals surface area contributed by atoms with E-state index < -0.39 is 5.97 Å². The van der Waals surface area contributed by atoms with E-state index in [0.29, 0.717) is 17.4 Å². The first-order valence-electron chi connectivity index (χ1n) is 8.42. The van der Waals surface area contributed by atoms with Gasteiger partial charge in [-0.1, -0.05) is 40.7 Å². The highest BCUT2D eigenvalue weighted by Gasteiger charge is 2.27. The number of nitrogens with zero attached hydrogens (tertiary/aromatic N) is 1. The van der Waals surface area contributed by atoms with Gasteiger partial charge in [-0.05, 0) is 60.4 Å². The van der Waals surface area contributed by atoms with Crippen molar-refractivity contribution in [3.63, 3.8) is 0 Å². The highest BCUT2D eigenvalue weighted by Crippen LogP contribution is 2.44. The van der Waals surface area contributed by atoms with E-state index >= 15 is 0 Å². The number of aliphatic imine (C=N–C) groups is 1. The van der Waals surface area contributed by atoms with E-state index in [0.717, 1.165) is 35.2 Å². The molecule has 0 unspecified atom stereocenters. The molecule has 1 fully saturated rings. The van der Waals surface area contributed by atoms with E-state index in [1.807, 2.05) is 6.92 Å². The molecule has 0 saturated heterocycles. The van der Waals surface area contributed by atoms with Gasteiger partial charge in [0.25, 0.3) is 0 Å². The van der Waals surface area contributed by atoms with Crippen molar-refractivity contribution in [1.29, 1.82) is 0 Å². The number of hydrogen-bond donors (Lipinski definition) is 1. The zero-order chi connectivity index (χ0) is 17.6. The molecule has 1 N–H and O–H groups in total. The van der Waals surface area contributed by atoms with Gasteiger partial charge in [0.05, 0.1) is 11.3 Å². The van der Waals surface area contributed by atoms with Gasteiger partial charge in [-0.2, -0.15) is 0 Å². The summed E-state index contributed by atoms with van der Waals surface area (Å²) in [6, 6.07) is 3.44. The number of carbonyl (C=O) groups is 1. The lowest BCUT2D eigenvalue weighted by molar-refractivity contribution is 0.0697. The second-order valence-corrected chi connectivity index (χ2v) is 6.48. The quantitative estimate of drug-likeness (QED) is 0.687. The number of hydrogen-bond acceptors (Lipinski definition) is 2. The van der Waals surface area contributed by atoms with E-state index in [9.17, 15) is 9.90 Å². The van der Waals surface area contributed by atoms with Gasteiger partial charge in [-0.25, -0.2) is 4.79 Å². The molecule has 1 aromatic rings. The predicted molar refractivity (Wildman–Crippen MR) is 98.2 cm³/mol. The molecular weight excluding hydrogens is 286 g/mol. The van der Waals surface area contributed by atoms with Crippen molar-refractivity contribution in [2.24, 2.45) is 10.9 Å². The summed E-state index contributed by atoms with van der Waals surface area (Å²) in [7, 11) is 0. The molecule has 0 heterocycles. The highest BCUT2D eigenvalue weighted by molar-refractivity contribution is 5.90. The first-order valence-corrected chi connectivity index (χ1v) is 8.42. The van der Waals surface area contributed by atoms with Crippen LogP contribution in [0.3, 0.4) is 0 Å². The Bertz CT molecular complexity index is 596. The van der Waals surface area contributed by atoms with Crippen LogP contribution in [0.25, 0.3) is 0 Å². The Morgan fingerprint density at radius 2 is 1.96 bits per heavy atom. The summed E-state index contributed by atoms with van der Waals surface area (Å²) in [4.78, 5) is 15.7. The van der Waals surface area contributed by atoms with Crippen LogP contribution in [-0.2, 0) is 0 Å². The molecule has 1 saturated carbocycles. The van der Waals surface area contributed by atoms with Gasteiger partial charge >= 0.3 is 5.97 Å². The van der Waals surface area contributed by atoms with Crippen LogP contribution < -0.4 is 0 Å². The minimum Gasteiger partial charge on any atom is -0.478 e. The number of rotatable bonds is 5. The number of allylic oxidation sites excluding steroid dienone is 1. The third-order valence-corrected chi connectivity index (χ3v) is 3.80. The first-order chi connectivity index (χ1) is 10.8. The van der Waals surface area contributed by atoms with Crippen LogP contribution in [0.5, 0.6) is 0 Å². The summed E-state index contributed by atoms with van der Waals surface area (Å²) >= 11 is 0.